The van der Waals surface area contributed by atoms with E-state index in [1.165, 1.54) is 0 Å². The number of benzene rings is 1. The second kappa shape index (κ2) is 6.67. The molecule has 0 saturated carbocycles. The van der Waals surface area contributed by atoms with Crippen molar-refractivity contribution < 1.29 is 9.90 Å². The number of carbonyl (C=O) groups excluding carboxylic acids is 1. The Balaban J connectivity index is 2.55. The number of phenols is 1. The smallest absolute Gasteiger partial charge is 0.238 e. The van der Waals surface area contributed by atoms with Gasteiger partial charge < -0.3 is 16.2 Å². The van der Waals surface area contributed by atoms with E-state index in [2.05, 4.69) is 11.2 Å². The van der Waals surface area contributed by atoms with Crippen molar-refractivity contribution in [1.82, 2.24) is 5.32 Å². The molecule has 0 bridgehead atoms. The molecule has 0 spiro atoms. The van der Waals surface area contributed by atoms with Crippen molar-refractivity contribution >= 4 is 5.91 Å². The van der Waals surface area contributed by atoms with Crippen LogP contribution >= 0.6 is 0 Å². The van der Waals surface area contributed by atoms with Crippen molar-refractivity contribution in [3.05, 3.63) is 29.8 Å². The number of amides is 1. The van der Waals surface area contributed by atoms with Gasteiger partial charge in [0, 0.05) is 0 Å². The number of terminal acetylenes is 1. The molecular formula is C14H18N2O2. The zero-order valence-electron chi connectivity index (χ0n) is 10.4. The van der Waals surface area contributed by atoms with E-state index in [4.69, 9.17) is 17.3 Å². The van der Waals surface area contributed by atoms with Crippen LogP contribution in [-0.2, 0) is 11.2 Å². The highest BCUT2D eigenvalue weighted by molar-refractivity contribution is 5.82. The van der Waals surface area contributed by atoms with E-state index >= 15 is 0 Å². The molecule has 0 heterocycles. The Kier molecular flexibility index (Phi) is 5.22. The molecule has 2 unspecified atom stereocenters. The molecule has 0 aliphatic heterocycles. The zero-order valence-corrected chi connectivity index (χ0v) is 10.4. The molecule has 4 heteroatoms. The van der Waals surface area contributed by atoms with Gasteiger partial charge in [-0.2, -0.15) is 0 Å². The van der Waals surface area contributed by atoms with Crippen LogP contribution in [0.2, 0.25) is 0 Å². The number of aromatic hydroxyl groups is 1. The molecule has 2 atom stereocenters. The third kappa shape index (κ3) is 4.11. The normalized spacial score (nSPS) is 13.4. The van der Waals surface area contributed by atoms with Crippen LogP contribution in [0.15, 0.2) is 24.3 Å². The summed E-state index contributed by atoms with van der Waals surface area (Å²) in [5.74, 6) is 2.42. The summed E-state index contributed by atoms with van der Waals surface area (Å²) in [7, 11) is 0. The summed E-state index contributed by atoms with van der Waals surface area (Å²) >= 11 is 0. The Morgan fingerprint density at radius 1 is 1.50 bits per heavy atom. The molecule has 1 aromatic rings. The molecule has 18 heavy (non-hydrogen) atoms. The van der Waals surface area contributed by atoms with Gasteiger partial charge in [0.2, 0.25) is 5.91 Å². The molecule has 1 amide bonds. The van der Waals surface area contributed by atoms with Crippen molar-refractivity contribution in [3.63, 3.8) is 0 Å². The molecule has 1 rings (SSSR count). The minimum Gasteiger partial charge on any atom is -0.508 e. The maximum atomic E-state index is 11.8. The second-order valence-electron chi connectivity index (χ2n) is 4.11. The van der Waals surface area contributed by atoms with Gasteiger partial charge in [0.25, 0.3) is 0 Å². The van der Waals surface area contributed by atoms with Crippen molar-refractivity contribution in [3.8, 4) is 18.1 Å². The summed E-state index contributed by atoms with van der Waals surface area (Å²) in [5.41, 5.74) is 6.69. The molecule has 0 saturated heterocycles. The molecule has 0 fully saturated rings. The van der Waals surface area contributed by atoms with Crippen LogP contribution in [0.5, 0.6) is 5.75 Å². The number of rotatable bonds is 5. The maximum Gasteiger partial charge on any atom is 0.238 e. The van der Waals surface area contributed by atoms with E-state index < -0.39 is 6.04 Å². The highest BCUT2D eigenvalue weighted by atomic mass is 16.3. The number of hydrogen-bond donors (Lipinski definition) is 3. The Bertz CT molecular complexity index is 434. The van der Waals surface area contributed by atoms with E-state index in [-0.39, 0.29) is 17.7 Å². The van der Waals surface area contributed by atoms with Gasteiger partial charge in [-0.25, -0.2) is 0 Å². The zero-order chi connectivity index (χ0) is 13.5. The van der Waals surface area contributed by atoms with E-state index in [0.717, 1.165) is 5.56 Å². The quantitative estimate of drug-likeness (QED) is 0.672. The lowest BCUT2D eigenvalue weighted by molar-refractivity contribution is -0.122. The van der Waals surface area contributed by atoms with Crippen LogP contribution in [0, 0.1) is 12.3 Å². The Morgan fingerprint density at radius 3 is 2.61 bits per heavy atom. The van der Waals surface area contributed by atoms with Gasteiger partial charge in [0.15, 0.2) is 0 Å². The van der Waals surface area contributed by atoms with E-state index in [0.29, 0.717) is 12.8 Å². The molecule has 96 valence electrons. The van der Waals surface area contributed by atoms with E-state index in [9.17, 15) is 4.79 Å². The largest absolute Gasteiger partial charge is 0.508 e. The number of hydrogen-bond acceptors (Lipinski definition) is 3. The molecule has 1 aromatic carbocycles. The number of phenolic OH excluding ortho intramolecular Hbond substituents is 1. The van der Waals surface area contributed by atoms with Gasteiger partial charge in [-0.3, -0.25) is 4.79 Å². The predicted octanol–water partition coefficient (Wildman–Crippen LogP) is 0.790. The van der Waals surface area contributed by atoms with Crippen molar-refractivity contribution in [1.29, 1.82) is 0 Å². The summed E-state index contributed by atoms with van der Waals surface area (Å²) in [5, 5.41) is 11.8. The predicted molar refractivity (Wildman–Crippen MR) is 70.8 cm³/mol. The summed E-state index contributed by atoms with van der Waals surface area (Å²) in [4.78, 5) is 11.8. The highest BCUT2D eigenvalue weighted by Crippen LogP contribution is 2.10. The van der Waals surface area contributed by atoms with Crippen LogP contribution in [0.3, 0.4) is 0 Å². The lowest BCUT2D eigenvalue weighted by Gasteiger charge is -2.15. The van der Waals surface area contributed by atoms with Crippen molar-refractivity contribution in [2.75, 3.05) is 0 Å². The Hall–Kier alpha value is -1.99. The van der Waals surface area contributed by atoms with Gasteiger partial charge >= 0.3 is 0 Å². The van der Waals surface area contributed by atoms with Gasteiger partial charge in [-0.15, -0.1) is 6.42 Å². The highest BCUT2D eigenvalue weighted by Gasteiger charge is 2.16. The third-order valence-electron chi connectivity index (χ3n) is 2.65. The fourth-order valence-electron chi connectivity index (χ4n) is 1.52. The van der Waals surface area contributed by atoms with Crippen LogP contribution in [0.25, 0.3) is 0 Å². The van der Waals surface area contributed by atoms with Gasteiger partial charge in [-0.05, 0) is 30.5 Å². The molecule has 4 N–H and O–H groups in total. The van der Waals surface area contributed by atoms with Crippen LogP contribution < -0.4 is 11.1 Å². The van der Waals surface area contributed by atoms with E-state index in [1.54, 1.807) is 24.3 Å². The average Bonchev–Trinajstić information content (AvgIpc) is 2.38. The van der Waals surface area contributed by atoms with E-state index in [1.807, 2.05) is 6.92 Å². The summed E-state index contributed by atoms with van der Waals surface area (Å²) in [6, 6.07) is 5.69. The van der Waals surface area contributed by atoms with Gasteiger partial charge in [-0.1, -0.05) is 25.0 Å². The first-order valence-corrected chi connectivity index (χ1v) is 5.86. The SMILES string of the molecule is C#CC(CC)NC(=O)C(N)Cc1ccc(O)cc1. The fraction of sp³-hybridized carbons (Fsp3) is 0.357. The maximum absolute atomic E-state index is 11.8. The summed E-state index contributed by atoms with van der Waals surface area (Å²) < 4.78 is 0. The van der Waals surface area contributed by atoms with Crippen LogP contribution in [-0.4, -0.2) is 23.1 Å². The van der Waals surface area contributed by atoms with Crippen molar-refractivity contribution in [2.45, 2.75) is 31.8 Å². The topological polar surface area (TPSA) is 75.4 Å². The first-order valence-electron chi connectivity index (χ1n) is 5.86. The summed E-state index contributed by atoms with van der Waals surface area (Å²) in [6.45, 7) is 1.90. The van der Waals surface area contributed by atoms with Crippen molar-refractivity contribution in [2.24, 2.45) is 5.73 Å². The minimum atomic E-state index is -0.642. The lowest BCUT2D eigenvalue weighted by Crippen LogP contribution is -2.45. The molecule has 0 radical (unpaired) electrons. The number of nitrogens with two attached hydrogens (primary N) is 1. The molecule has 0 aromatic heterocycles. The van der Waals surface area contributed by atoms with Gasteiger partial charge in [0.1, 0.15) is 5.75 Å². The van der Waals surface area contributed by atoms with Crippen LogP contribution in [0.1, 0.15) is 18.9 Å². The minimum absolute atomic E-state index is 0.190. The van der Waals surface area contributed by atoms with Crippen LogP contribution in [0.4, 0.5) is 0 Å². The average molecular weight is 246 g/mol. The molecule has 0 aliphatic rings. The molecule has 0 aliphatic carbocycles. The molecular weight excluding hydrogens is 228 g/mol. The third-order valence-corrected chi connectivity index (χ3v) is 2.65. The lowest BCUT2D eigenvalue weighted by atomic mass is 10.1. The first kappa shape index (κ1) is 14.1. The first-order chi connectivity index (χ1) is 8.56. The Labute approximate surface area is 107 Å². The second-order valence-corrected chi connectivity index (χ2v) is 4.11. The monoisotopic (exact) mass is 246 g/mol. The fourth-order valence-corrected chi connectivity index (χ4v) is 1.52. The standard InChI is InChI=1S/C14H18N2O2/c1-3-11(4-2)16-14(18)13(15)9-10-5-7-12(17)8-6-10/h1,5-8,11,13,17H,4,9,15H2,2H3,(H,16,18). The number of carbonyl (C=O) groups is 1. The Morgan fingerprint density at radius 2 is 2.11 bits per heavy atom. The summed E-state index contributed by atoms with van der Waals surface area (Å²) in [6.07, 6.45) is 6.35. The number of nitrogens with one attached hydrogen (secondary N) is 1. The molecule has 4 nitrogen and oxygen atoms in total. The van der Waals surface area contributed by atoms with Gasteiger partial charge in [0.05, 0.1) is 12.1 Å².